The molecular weight excluding hydrogens is 454 g/mol. The summed E-state index contributed by atoms with van der Waals surface area (Å²) in [6, 6.07) is 19.2. The van der Waals surface area contributed by atoms with Crippen molar-refractivity contribution in [3.63, 3.8) is 0 Å². The lowest BCUT2D eigenvalue weighted by atomic mass is 10.0. The predicted molar refractivity (Wildman–Crippen MR) is 158 cm³/mol. The van der Waals surface area contributed by atoms with E-state index in [9.17, 15) is 9.90 Å². The first-order valence-electron chi connectivity index (χ1n) is 15.0. The molecule has 0 bridgehead atoms. The lowest BCUT2D eigenvalue weighted by Gasteiger charge is -2.04. The lowest BCUT2D eigenvalue weighted by Crippen LogP contribution is -2.39. The number of hydrogen-bond donors (Lipinski definition) is 1. The van der Waals surface area contributed by atoms with Crippen LogP contribution in [0, 0.1) is 0 Å². The highest BCUT2D eigenvalue weighted by Crippen LogP contribution is 2.23. The molecule has 0 amide bonds. The Bertz CT molecular complexity index is 1010. The van der Waals surface area contributed by atoms with Crippen LogP contribution in [-0.2, 0) is 4.79 Å². The summed E-state index contributed by atoms with van der Waals surface area (Å²) in [5, 5.41) is 15.4. The molecular formula is C34H51NO2. The van der Waals surface area contributed by atoms with Crippen LogP contribution < -0.4 is 10.8 Å². The molecule has 0 aliphatic carbocycles. The Labute approximate surface area is 225 Å². The van der Waals surface area contributed by atoms with Crippen LogP contribution in [0.3, 0.4) is 0 Å². The fourth-order valence-corrected chi connectivity index (χ4v) is 4.98. The van der Waals surface area contributed by atoms with Gasteiger partial charge in [0.05, 0.1) is 0 Å². The molecule has 3 aromatic carbocycles. The van der Waals surface area contributed by atoms with Crippen molar-refractivity contribution in [1.29, 1.82) is 0 Å². The summed E-state index contributed by atoms with van der Waals surface area (Å²) in [7, 11) is 0. The Morgan fingerprint density at radius 2 is 0.973 bits per heavy atom. The van der Waals surface area contributed by atoms with Crippen molar-refractivity contribution in [2.24, 2.45) is 0 Å². The SMILES string of the molecule is CCCCCCCCCCCCCCCCCCCC(=O)[O-].[NH3+]c1ccc2cc3ccccc3cc2c1. The van der Waals surface area contributed by atoms with E-state index in [0.717, 1.165) is 18.5 Å². The first-order valence-corrected chi connectivity index (χ1v) is 15.0. The fraction of sp³-hybridized carbons (Fsp3) is 0.559. The van der Waals surface area contributed by atoms with Crippen molar-refractivity contribution in [2.45, 2.75) is 122 Å². The number of unbranched alkanes of at least 4 members (excludes halogenated alkanes) is 16. The largest absolute Gasteiger partial charge is 0.550 e. The Morgan fingerprint density at radius 3 is 1.43 bits per heavy atom. The molecule has 0 heterocycles. The van der Waals surface area contributed by atoms with E-state index < -0.39 is 5.97 Å². The second-order valence-electron chi connectivity index (χ2n) is 10.7. The van der Waals surface area contributed by atoms with E-state index in [4.69, 9.17) is 0 Å². The highest BCUT2D eigenvalue weighted by atomic mass is 16.4. The van der Waals surface area contributed by atoms with E-state index in [1.54, 1.807) is 0 Å². The minimum atomic E-state index is -0.902. The van der Waals surface area contributed by atoms with Crippen LogP contribution in [0.25, 0.3) is 21.5 Å². The van der Waals surface area contributed by atoms with Gasteiger partial charge in [-0.15, -0.1) is 0 Å². The summed E-state index contributed by atoms with van der Waals surface area (Å²) in [5.74, 6) is -0.902. The van der Waals surface area contributed by atoms with Gasteiger partial charge in [-0.3, -0.25) is 0 Å². The lowest BCUT2D eigenvalue weighted by molar-refractivity contribution is -0.305. The highest BCUT2D eigenvalue weighted by Gasteiger charge is 1.99. The minimum Gasteiger partial charge on any atom is -0.550 e. The molecule has 0 radical (unpaired) electrons. The Morgan fingerprint density at radius 1 is 0.568 bits per heavy atom. The summed E-state index contributed by atoms with van der Waals surface area (Å²) < 4.78 is 0. The zero-order valence-electron chi connectivity index (χ0n) is 23.4. The molecule has 0 spiro atoms. The number of carbonyl (C=O) groups is 1. The van der Waals surface area contributed by atoms with Gasteiger partial charge in [0.1, 0.15) is 5.69 Å². The fourth-order valence-electron chi connectivity index (χ4n) is 4.98. The van der Waals surface area contributed by atoms with Crippen molar-refractivity contribution >= 4 is 33.2 Å². The molecule has 204 valence electrons. The molecule has 0 unspecified atom stereocenters. The molecule has 0 aliphatic heterocycles. The zero-order valence-corrected chi connectivity index (χ0v) is 23.4. The van der Waals surface area contributed by atoms with Crippen LogP contribution in [0.5, 0.6) is 0 Å². The van der Waals surface area contributed by atoms with E-state index in [0.29, 0.717) is 0 Å². The van der Waals surface area contributed by atoms with E-state index in [1.807, 2.05) is 0 Å². The Kier molecular flexibility index (Phi) is 16.4. The first kappa shape index (κ1) is 30.8. The van der Waals surface area contributed by atoms with E-state index in [1.165, 1.54) is 118 Å². The van der Waals surface area contributed by atoms with Gasteiger partial charge in [-0.05, 0) is 58.7 Å². The van der Waals surface area contributed by atoms with E-state index in [2.05, 4.69) is 67.3 Å². The van der Waals surface area contributed by atoms with Crippen molar-refractivity contribution in [3.8, 4) is 0 Å². The number of carboxylic acids is 1. The van der Waals surface area contributed by atoms with Gasteiger partial charge >= 0.3 is 0 Å². The third-order valence-corrected chi connectivity index (χ3v) is 7.25. The van der Waals surface area contributed by atoms with E-state index >= 15 is 0 Å². The molecule has 0 saturated carbocycles. The number of quaternary nitrogens is 1. The number of hydrogen-bond acceptors (Lipinski definition) is 2. The van der Waals surface area contributed by atoms with Gasteiger partial charge in [0, 0.05) is 12.0 Å². The van der Waals surface area contributed by atoms with Gasteiger partial charge in [0.2, 0.25) is 0 Å². The second-order valence-corrected chi connectivity index (χ2v) is 10.7. The average Bonchev–Trinajstić information content (AvgIpc) is 2.89. The van der Waals surface area contributed by atoms with Crippen molar-refractivity contribution < 1.29 is 15.6 Å². The van der Waals surface area contributed by atoms with Gasteiger partial charge in [0.15, 0.2) is 0 Å². The van der Waals surface area contributed by atoms with Crippen molar-refractivity contribution in [1.82, 2.24) is 0 Å². The van der Waals surface area contributed by atoms with Gasteiger partial charge in [0.25, 0.3) is 0 Å². The highest BCUT2D eigenvalue weighted by molar-refractivity contribution is 5.98. The zero-order chi connectivity index (χ0) is 26.6. The minimum absolute atomic E-state index is 0.235. The van der Waals surface area contributed by atoms with Crippen molar-refractivity contribution in [2.75, 3.05) is 0 Å². The molecule has 3 N–H and O–H groups in total. The number of fused-ring (bicyclic) bond motifs is 2. The maximum Gasteiger partial charge on any atom is 0.128 e. The molecule has 3 nitrogen and oxygen atoms in total. The molecule has 0 aromatic heterocycles. The molecule has 0 atom stereocenters. The second kappa shape index (κ2) is 19.7. The average molecular weight is 506 g/mol. The number of benzene rings is 3. The molecule has 0 aliphatic rings. The third kappa shape index (κ3) is 14.2. The maximum absolute atomic E-state index is 10.2. The monoisotopic (exact) mass is 505 g/mol. The molecule has 0 fully saturated rings. The summed E-state index contributed by atoms with van der Waals surface area (Å²) in [6.07, 6.45) is 22.8. The molecule has 3 aromatic rings. The normalized spacial score (nSPS) is 11.0. The van der Waals surface area contributed by atoms with Crippen LogP contribution >= 0.6 is 0 Å². The van der Waals surface area contributed by atoms with Gasteiger partial charge in [-0.25, -0.2) is 0 Å². The van der Waals surface area contributed by atoms with Gasteiger partial charge in [-0.2, -0.15) is 0 Å². The number of carbonyl (C=O) groups excluding carboxylic acids is 1. The van der Waals surface area contributed by atoms with Gasteiger partial charge in [-0.1, -0.05) is 134 Å². The van der Waals surface area contributed by atoms with Gasteiger partial charge < -0.3 is 15.6 Å². The molecule has 0 saturated heterocycles. The Balaban J connectivity index is 0.000000275. The first-order chi connectivity index (χ1) is 18.1. The standard InChI is InChI=1S/C20H40O2.C14H11N/c1-2-3-4-5-6-7-8-9-10-11-12-13-14-15-16-17-18-19-20(21)22;15-14-6-5-12-7-10-3-1-2-4-11(10)8-13(12)9-14/h2-19H2,1H3,(H,21,22);1-9H,15H2. The van der Waals surface area contributed by atoms with Crippen molar-refractivity contribution in [3.05, 3.63) is 54.6 Å². The van der Waals surface area contributed by atoms with Crippen LogP contribution in [0.15, 0.2) is 54.6 Å². The maximum atomic E-state index is 10.2. The number of carboxylic acid groups (broad SMARTS) is 1. The predicted octanol–water partition coefficient (Wildman–Crippen LogP) is 8.64. The quantitative estimate of drug-likeness (QED) is 0.139. The molecule has 3 rings (SSSR count). The number of rotatable bonds is 18. The molecule has 37 heavy (non-hydrogen) atoms. The smallest absolute Gasteiger partial charge is 0.128 e. The summed E-state index contributed by atoms with van der Waals surface area (Å²) in [4.78, 5) is 10.2. The third-order valence-electron chi connectivity index (χ3n) is 7.25. The van der Waals surface area contributed by atoms with E-state index in [-0.39, 0.29) is 6.42 Å². The van der Waals surface area contributed by atoms with Crippen LogP contribution in [-0.4, -0.2) is 5.97 Å². The number of aliphatic carboxylic acids is 1. The topological polar surface area (TPSA) is 67.8 Å². The Hall–Kier alpha value is -2.39. The summed E-state index contributed by atoms with van der Waals surface area (Å²) in [6.45, 7) is 2.27. The molecule has 3 heteroatoms. The van der Waals surface area contributed by atoms with Crippen LogP contribution in [0.2, 0.25) is 0 Å². The summed E-state index contributed by atoms with van der Waals surface area (Å²) in [5.41, 5.74) is 5.02. The van der Waals surface area contributed by atoms with Crippen LogP contribution in [0.4, 0.5) is 5.69 Å². The van der Waals surface area contributed by atoms with Crippen LogP contribution in [0.1, 0.15) is 122 Å². The summed E-state index contributed by atoms with van der Waals surface area (Å²) >= 11 is 0.